The molecule has 0 amide bonds. The van der Waals surface area contributed by atoms with Gasteiger partial charge in [-0.3, -0.25) is 4.72 Å². The normalized spacial score (nSPS) is 19.4. The second-order valence-electron chi connectivity index (χ2n) is 4.74. The lowest BCUT2D eigenvalue weighted by molar-refractivity contribution is 0.603. The van der Waals surface area contributed by atoms with Crippen LogP contribution in [0, 0.1) is 5.82 Å². The van der Waals surface area contributed by atoms with Crippen molar-refractivity contribution in [3.63, 3.8) is 0 Å². The van der Waals surface area contributed by atoms with Gasteiger partial charge in [0, 0.05) is 18.3 Å². The van der Waals surface area contributed by atoms with Crippen molar-refractivity contribution in [3.8, 4) is 0 Å². The Bertz CT molecular complexity index is 542. The average Bonchev–Trinajstić information content (AvgIpc) is 2.81. The van der Waals surface area contributed by atoms with Crippen molar-refractivity contribution in [2.24, 2.45) is 0 Å². The van der Waals surface area contributed by atoms with Crippen molar-refractivity contribution in [1.82, 2.24) is 5.32 Å². The van der Waals surface area contributed by atoms with Gasteiger partial charge in [-0.2, -0.15) is 0 Å². The van der Waals surface area contributed by atoms with E-state index in [0.717, 1.165) is 32.2 Å². The molecule has 0 radical (unpaired) electrons. The van der Waals surface area contributed by atoms with Crippen LogP contribution in [0.5, 0.6) is 0 Å². The highest BCUT2D eigenvalue weighted by Crippen LogP contribution is 2.20. The first-order valence-electron chi connectivity index (χ1n) is 6.19. The molecule has 1 unspecified atom stereocenters. The largest absolute Gasteiger partial charge is 0.383 e. The van der Waals surface area contributed by atoms with Gasteiger partial charge in [-0.25, -0.2) is 12.8 Å². The van der Waals surface area contributed by atoms with E-state index in [-0.39, 0.29) is 5.69 Å². The van der Waals surface area contributed by atoms with E-state index < -0.39 is 15.8 Å². The van der Waals surface area contributed by atoms with Crippen LogP contribution >= 0.6 is 0 Å². The van der Waals surface area contributed by atoms with Crippen molar-refractivity contribution in [2.45, 2.75) is 18.9 Å². The average molecular weight is 287 g/mol. The predicted octanol–water partition coefficient (Wildman–Crippen LogP) is 1.36. The van der Waals surface area contributed by atoms with Crippen molar-refractivity contribution >= 4 is 21.4 Å². The summed E-state index contributed by atoms with van der Waals surface area (Å²) in [6.45, 7) is 1.76. The fourth-order valence-electron chi connectivity index (χ4n) is 2.09. The van der Waals surface area contributed by atoms with E-state index in [4.69, 9.17) is 0 Å². The second-order valence-corrected chi connectivity index (χ2v) is 6.49. The number of nitrogens with one attached hydrogen (secondary N) is 3. The minimum Gasteiger partial charge on any atom is -0.383 e. The number of halogens is 1. The van der Waals surface area contributed by atoms with Crippen molar-refractivity contribution < 1.29 is 12.8 Å². The Morgan fingerprint density at radius 3 is 2.89 bits per heavy atom. The minimum absolute atomic E-state index is 0.0353. The van der Waals surface area contributed by atoms with Crippen LogP contribution in [0.4, 0.5) is 15.8 Å². The molecular formula is C12H18FN3O2S. The molecule has 1 aliphatic rings. The molecule has 2 rings (SSSR count). The first-order valence-corrected chi connectivity index (χ1v) is 8.08. The lowest BCUT2D eigenvalue weighted by atomic mass is 10.2. The standard InChI is InChI=1S/C12H18FN3O2S/c1-19(17,18)16-12-7-9(4-5-11(12)13)15-8-10-3-2-6-14-10/h4-5,7,10,14-16H,2-3,6,8H2,1H3. The zero-order valence-electron chi connectivity index (χ0n) is 10.7. The summed E-state index contributed by atoms with van der Waals surface area (Å²) >= 11 is 0. The second kappa shape index (κ2) is 5.75. The zero-order valence-corrected chi connectivity index (χ0v) is 11.6. The third-order valence-corrected chi connectivity index (χ3v) is 3.57. The summed E-state index contributed by atoms with van der Waals surface area (Å²) in [5, 5.41) is 6.52. The Labute approximate surface area is 112 Å². The van der Waals surface area contributed by atoms with Gasteiger partial charge in [0.1, 0.15) is 5.82 Å². The molecule has 1 aliphatic heterocycles. The molecule has 3 N–H and O–H groups in total. The molecule has 1 heterocycles. The molecule has 1 atom stereocenters. The van der Waals surface area contributed by atoms with Crippen LogP contribution in [-0.2, 0) is 10.0 Å². The summed E-state index contributed by atoms with van der Waals surface area (Å²) in [6, 6.07) is 4.72. The number of rotatable bonds is 5. The molecule has 0 aliphatic carbocycles. The monoisotopic (exact) mass is 287 g/mol. The molecular weight excluding hydrogens is 269 g/mol. The van der Waals surface area contributed by atoms with Gasteiger partial charge < -0.3 is 10.6 Å². The van der Waals surface area contributed by atoms with Gasteiger partial charge in [-0.1, -0.05) is 0 Å². The predicted molar refractivity (Wildman–Crippen MR) is 74.4 cm³/mol. The highest BCUT2D eigenvalue weighted by atomic mass is 32.2. The molecule has 1 aromatic carbocycles. The number of sulfonamides is 1. The third-order valence-electron chi connectivity index (χ3n) is 2.98. The van der Waals surface area contributed by atoms with Crippen LogP contribution in [-0.4, -0.2) is 33.8 Å². The fraction of sp³-hybridized carbons (Fsp3) is 0.500. The van der Waals surface area contributed by atoms with E-state index >= 15 is 0 Å². The molecule has 7 heteroatoms. The number of benzene rings is 1. The van der Waals surface area contributed by atoms with Gasteiger partial charge in [-0.15, -0.1) is 0 Å². The van der Waals surface area contributed by atoms with Crippen molar-refractivity contribution in [3.05, 3.63) is 24.0 Å². The third kappa shape index (κ3) is 4.36. The highest BCUT2D eigenvalue weighted by Gasteiger charge is 2.14. The van der Waals surface area contributed by atoms with Crippen LogP contribution in [0.15, 0.2) is 18.2 Å². The summed E-state index contributed by atoms with van der Waals surface area (Å²) in [7, 11) is -3.48. The van der Waals surface area contributed by atoms with Crippen LogP contribution in [0.25, 0.3) is 0 Å². The van der Waals surface area contributed by atoms with E-state index in [1.54, 1.807) is 6.07 Å². The van der Waals surface area contributed by atoms with Gasteiger partial charge in [0.2, 0.25) is 10.0 Å². The quantitative estimate of drug-likeness (QED) is 0.765. The number of anilines is 2. The summed E-state index contributed by atoms with van der Waals surface area (Å²) in [6.07, 6.45) is 3.27. The molecule has 0 saturated carbocycles. The summed E-state index contributed by atoms with van der Waals surface area (Å²) < 4.78 is 37.9. The van der Waals surface area contributed by atoms with Crippen molar-refractivity contribution in [2.75, 3.05) is 29.4 Å². The Morgan fingerprint density at radius 1 is 1.47 bits per heavy atom. The molecule has 1 aromatic rings. The maximum absolute atomic E-state index is 13.5. The number of hydrogen-bond acceptors (Lipinski definition) is 4. The van der Waals surface area contributed by atoms with E-state index in [1.807, 2.05) is 0 Å². The molecule has 19 heavy (non-hydrogen) atoms. The Balaban J connectivity index is 2.03. The molecule has 106 valence electrons. The summed E-state index contributed by atoms with van der Waals surface area (Å²) in [5.41, 5.74) is 0.660. The van der Waals surface area contributed by atoms with Crippen LogP contribution in [0.1, 0.15) is 12.8 Å². The minimum atomic E-state index is -3.48. The topological polar surface area (TPSA) is 70.2 Å². The molecule has 1 saturated heterocycles. The smallest absolute Gasteiger partial charge is 0.229 e. The van der Waals surface area contributed by atoms with Crippen molar-refractivity contribution in [1.29, 1.82) is 0 Å². The van der Waals surface area contributed by atoms with Crippen LogP contribution in [0.2, 0.25) is 0 Å². The zero-order chi connectivity index (χ0) is 13.9. The molecule has 5 nitrogen and oxygen atoms in total. The van der Waals surface area contributed by atoms with Gasteiger partial charge in [-0.05, 0) is 37.6 Å². The maximum atomic E-state index is 13.5. The Kier molecular flexibility index (Phi) is 4.26. The van der Waals surface area contributed by atoms with Crippen LogP contribution < -0.4 is 15.4 Å². The van der Waals surface area contributed by atoms with E-state index in [1.165, 1.54) is 12.1 Å². The van der Waals surface area contributed by atoms with Gasteiger partial charge >= 0.3 is 0 Å². The van der Waals surface area contributed by atoms with E-state index in [0.29, 0.717) is 11.7 Å². The molecule has 0 aromatic heterocycles. The van der Waals surface area contributed by atoms with Gasteiger partial charge in [0.25, 0.3) is 0 Å². The van der Waals surface area contributed by atoms with Crippen LogP contribution in [0.3, 0.4) is 0 Å². The SMILES string of the molecule is CS(=O)(=O)Nc1cc(NCC2CCCN2)ccc1F. The summed E-state index contributed by atoms with van der Waals surface area (Å²) in [4.78, 5) is 0. The fourth-order valence-corrected chi connectivity index (χ4v) is 2.64. The molecule has 1 fully saturated rings. The summed E-state index contributed by atoms with van der Waals surface area (Å²) in [5.74, 6) is -0.588. The molecule has 0 bridgehead atoms. The van der Waals surface area contributed by atoms with E-state index in [2.05, 4.69) is 15.4 Å². The molecule has 0 spiro atoms. The number of hydrogen-bond donors (Lipinski definition) is 3. The lowest BCUT2D eigenvalue weighted by Gasteiger charge is -2.14. The maximum Gasteiger partial charge on any atom is 0.229 e. The van der Waals surface area contributed by atoms with Gasteiger partial charge in [0.15, 0.2) is 0 Å². The first kappa shape index (κ1) is 14.1. The highest BCUT2D eigenvalue weighted by molar-refractivity contribution is 7.92. The Morgan fingerprint density at radius 2 is 2.26 bits per heavy atom. The van der Waals surface area contributed by atoms with Gasteiger partial charge in [0.05, 0.1) is 11.9 Å². The lowest BCUT2D eigenvalue weighted by Crippen LogP contribution is -2.29. The van der Waals surface area contributed by atoms with E-state index in [9.17, 15) is 12.8 Å². The first-order chi connectivity index (χ1) is 8.94. The Hall–Kier alpha value is -1.34.